The minimum atomic E-state index is -0.469. The van der Waals surface area contributed by atoms with Crippen molar-refractivity contribution in [2.45, 2.75) is 25.7 Å². The lowest BCUT2D eigenvalue weighted by molar-refractivity contribution is 0.265. The molecule has 1 aromatic carbocycles. The molecule has 0 aromatic heterocycles. The van der Waals surface area contributed by atoms with E-state index in [0.717, 1.165) is 24.7 Å². The smallest absolute Gasteiger partial charge is 0.143 e. The van der Waals surface area contributed by atoms with Crippen molar-refractivity contribution in [1.82, 2.24) is 0 Å². The molecule has 98 valence electrons. The second-order valence-corrected chi connectivity index (χ2v) is 6.72. The molecule has 1 aromatic rings. The van der Waals surface area contributed by atoms with Crippen LogP contribution in [0.25, 0.3) is 0 Å². The Morgan fingerprint density at radius 3 is 2.56 bits per heavy atom. The third-order valence-corrected chi connectivity index (χ3v) is 5.20. The molecule has 1 nitrogen and oxygen atoms in total. The predicted molar refractivity (Wildman–Crippen MR) is 70.1 cm³/mol. The summed E-state index contributed by atoms with van der Waals surface area (Å²) in [6.07, 6.45) is 3.76. The molecule has 0 aliphatic heterocycles. The lowest BCUT2D eigenvalue weighted by Crippen LogP contribution is -2.32. The van der Waals surface area contributed by atoms with Crippen molar-refractivity contribution >= 4 is 15.9 Å². The zero-order chi connectivity index (χ0) is 12.9. The number of fused-ring (bicyclic) bond motifs is 1. The van der Waals surface area contributed by atoms with Crippen LogP contribution >= 0.6 is 15.9 Å². The van der Waals surface area contributed by atoms with Gasteiger partial charge in [-0.3, -0.25) is 0 Å². The minimum Gasteiger partial charge on any atom is -0.330 e. The molecule has 0 heterocycles. The van der Waals surface area contributed by atoms with Crippen molar-refractivity contribution < 1.29 is 8.78 Å². The summed E-state index contributed by atoms with van der Waals surface area (Å²) < 4.78 is 28.1. The van der Waals surface area contributed by atoms with Crippen molar-refractivity contribution in [1.29, 1.82) is 0 Å². The van der Waals surface area contributed by atoms with Crippen molar-refractivity contribution in [2.75, 3.05) is 6.54 Å². The Hall–Kier alpha value is -0.480. The van der Waals surface area contributed by atoms with Gasteiger partial charge >= 0.3 is 0 Å². The molecule has 2 aliphatic carbocycles. The van der Waals surface area contributed by atoms with Gasteiger partial charge in [-0.2, -0.15) is 0 Å². The molecule has 2 saturated carbocycles. The Morgan fingerprint density at radius 2 is 1.94 bits per heavy atom. The fourth-order valence-corrected chi connectivity index (χ4v) is 3.87. The summed E-state index contributed by atoms with van der Waals surface area (Å²) in [7, 11) is 0. The van der Waals surface area contributed by atoms with Crippen molar-refractivity contribution in [3.8, 4) is 0 Å². The normalized spacial score (nSPS) is 33.6. The largest absolute Gasteiger partial charge is 0.330 e. The van der Waals surface area contributed by atoms with Gasteiger partial charge in [-0.15, -0.1) is 0 Å². The minimum absolute atomic E-state index is 0.0872. The third-order valence-electron chi connectivity index (χ3n) is 4.58. The average Bonchev–Trinajstić information content (AvgIpc) is 2.98. The van der Waals surface area contributed by atoms with E-state index in [-0.39, 0.29) is 11.0 Å². The Balaban J connectivity index is 1.89. The quantitative estimate of drug-likeness (QED) is 0.847. The summed E-state index contributed by atoms with van der Waals surface area (Å²) >= 11 is 3.12. The molecular weight excluding hydrogens is 300 g/mol. The van der Waals surface area contributed by atoms with Gasteiger partial charge < -0.3 is 5.73 Å². The van der Waals surface area contributed by atoms with E-state index >= 15 is 0 Å². The van der Waals surface area contributed by atoms with Crippen molar-refractivity contribution in [3.63, 3.8) is 0 Å². The molecular formula is C14H16BrF2N. The second kappa shape index (κ2) is 4.27. The molecule has 0 saturated heterocycles. The van der Waals surface area contributed by atoms with E-state index in [1.165, 1.54) is 18.6 Å². The number of rotatable bonds is 3. The fraction of sp³-hybridized carbons (Fsp3) is 0.571. The summed E-state index contributed by atoms with van der Waals surface area (Å²) in [6, 6.07) is 2.73. The first-order valence-corrected chi connectivity index (χ1v) is 7.16. The van der Waals surface area contributed by atoms with Crippen LogP contribution in [-0.4, -0.2) is 6.54 Å². The maximum Gasteiger partial charge on any atom is 0.143 e. The highest BCUT2D eigenvalue weighted by Gasteiger charge is 2.53. The summed E-state index contributed by atoms with van der Waals surface area (Å²) in [5, 5.41) is 0. The van der Waals surface area contributed by atoms with E-state index in [9.17, 15) is 8.78 Å². The first-order chi connectivity index (χ1) is 8.54. The molecule has 2 unspecified atom stereocenters. The zero-order valence-electron chi connectivity index (χ0n) is 10.1. The van der Waals surface area contributed by atoms with Crippen molar-refractivity contribution in [3.05, 3.63) is 33.8 Å². The highest BCUT2D eigenvalue weighted by atomic mass is 79.9. The average molecular weight is 316 g/mol. The highest BCUT2D eigenvalue weighted by molar-refractivity contribution is 9.10. The summed E-state index contributed by atoms with van der Waals surface area (Å²) in [5.74, 6) is 0.589. The molecule has 2 fully saturated rings. The zero-order valence-corrected chi connectivity index (χ0v) is 11.6. The molecule has 4 heteroatoms. The van der Waals surface area contributed by atoms with Crippen LogP contribution in [0.1, 0.15) is 24.8 Å². The first kappa shape index (κ1) is 12.5. The van der Waals surface area contributed by atoms with Gasteiger partial charge in [0.2, 0.25) is 0 Å². The van der Waals surface area contributed by atoms with Crippen LogP contribution in [-0.2, 0) is 6.42 Å². The summed E-state index contributed by atoms with van der Waals surface area (Å²) in [5.41, 5.74) is 5.98. The molecule has 2 N–H and O–H groups in total. The Kier molecular flexibility index (Phi) is 2.98. The predicted octanol–water partition coefficient (Wildman–Crippen LogP) is 3.64. The summed E-state index contributed by atoms with van der Waals surface area (Å²) in [4.78, 5) is 0. The number of hydrogen-bond acceptors (Lipinski definition) is 1. The molecule has 18 heavy (non-hydrogen) atoms. The van der Waals surface area contributed by atoms with Crippen LogP contribution in [0.5, 0.6) is 0 Å². The van der Waals surface area contributed by atoms with Gasteiger partial charge in [0.1, 0.15) is 11.6 Å². The van der Waals surface area contributed by atoms with Gasteiger partial charge in [0.15, 0.2) is 0 Å². The Morgan fingerprint density at radius 1 is 1.28 bits per heavy atom. The van der Waals surface area contributed by atoms with Gasteiger partial charge in [-0.25, -0.2) is 8.78 Å². The van der Waals surface area contributed by atoms with Crippen LogP contribution in [0.2, 0.25) is 0 Å². The van der Waals surface area contributed by atoms with Crippen LogP contribution < -0.4 is 5.73 Å². The molecule has 2 aliphatic rings. The lowest BCUT2D eigenvalue weighted by atomic mass is 9.77. The van der Waals surface area contributed by atoms with E-state index in [2.05, 4.69) is 15.9 Å². The molecule has 2 atom stereocenters. The van der Waals surface area contributed by atoms with E-state index in [1.807, 2.05) is 0 Å². The Labute approximate surface area is 114 Å². The first-order valence-electron chi connectivity index (χ1n) is 6.37. The Bertz CT molecular complexity index is 479. The summed E-state index contributed by atoms with van der Waals surface area (Å²) in [6.45, 7) is 0.519. The monoisotopic (exact) mass is 315 g/mol. The SMILES string of the molecule is NCC1(Cc2c(F)ccc(Br)c2F)CC2CC2C1. The topological polar surface area (TPSA) is 26.0 Å². The van der Waals surface area contributed by atoms with E-state index in [1.54, 1.807) is 0 Å². The van der Waals surface area contributed by atoms with Gasteiger partial charge in [0, 0.05) is 5.56 Å². The number of hydrogen-bond donors (Lipinski definition) is 1. The van der Waals surface area contributed by atoms with Gasteiger partial charge in [0.05, 0.1) is 4.47 Å². The molecule has 3 rings (SSSR count). The van der Waals surface area contributed by atoms with Gasteiger partial charge in [0.25, 0.3) is 0 Å². The molecule has 0 bridgehead atoms. The lowest BCUT2D eigenvalue weighted by Gasteiger charge is -2.29. The van der Waals surface area contributed by atoms with E-state index in [0.29, 0.717) is 17.4 Å². The second-order valence-electron chi connectivity index (χ2n) is 5.87. The van der Waals surface area contributed by atoms with Gasteiger partial charge in [-0.05, 0) is 77.5 Å². The van der Waals surface area contributed by atoms with E-state index < -0.39 is 11.6 Å². The third kappa shape index (κ3) is 1.99. The number of nitrogens with two attached hydrogens (primary N) is 1. The van der Waals surface area contributed by atoms with Crippen LogP contribution in [0.4, 0.5) is 8.78 Å². The maximum atomic E-state index is 14.0. The number of halogens is 3. The van der Waals surface area contributed by atoms with Crippen LogP contribution in [0.15, 0.2) is 16.6 Å². The van der Waals surface area contributed by atoms with Crippen LogP contribution in [0, 0.1) is 28.9 Å². The molecule has 0 spiro atoms. The standard InChI is InChI=1S/C14H16BrF2N/c15-11-1-2-12(16)10(13(11)17)6-14(7-18)4-8-3-9(8)5-14/h1-2,8-9H,3-7,18H2. The molecule has 0 radical (unpaired) electrons. The van der Waals surface area contributed by atoms with Crippen molar-refractivity contribution in [2.24, 2.45) is 23.0 Å². The van der Waals surface area contributed by atoms with E-state index in [4.69, 9.17) is 5.73 Å². The number of benzene rings is 1. The highest BCUT2D eigenvalue weighted by Crippen LogP contribution is 2.60. The molecule has 0 amide bonds. The van der Waals surface area contributed by atoms with Gasteiger partial charge in [-0.1, -0.05) is 0 Å². The van der Waals surface area contributed by atoms with Crippen LogP contribution in [0.3, 0.4) is 0 Å². The maximum absolute atomic E-state index is 14.0. The fourth-order valence-electron chi connectivity index (χ4n) is 3.50.